The summed E-state index contributed by atoms with van der Waals surface area (Å²) in [7, 11) is 0. The van der Waals surface area contributed by atoms with Crippen LogP contribution in [0.15, 0.2) is 23.0 Å². The van der Waals surface area contributed by atoms with Gasteiger partial charge in [-0.15, -0.1) is 0 Å². The molecule has 1 aromatic heterocycles. The van der Waals surface area contributed by atoms with Crippen molar-refractivity contribution in [1.82, 2.24) is 9.55 Å². The summed E-state index contributed by atoms with van der Waals surface area (Å²) in [6.45, 7) is 2.04. The Morgan fingerprint density at radius 2 is 1.92 bits per heavy atom. The molecule has 2 bridgehead atoms. The van der Waals surface area contributed by atoms with Gasteiger partial charge in [0.25, 0.3) is 0 Å². The molecule has 8 heteroatoms. The van der Waals surface area contributed by atoms with Gasteiger partial charge in [-0.1, -0.05) is 0 Å². The van der Waals surface area contributed by atoms with Crippen LogP contribution in [0.2, 0.25) is 0 Å². The number of halogens is 3. The van der Waals surface area contributed by atoms with E-state index in [2.05, 4.69) is 9.88 Å². The maximum Gasteiger partial charge on any atom is 0.352 e. The van der Waals surface area contributed by atoms with E-state index in [0.29, 0.717) is 18.5 Å². The van der Waals surface area contributed by atoms with Crippen molar-refractivity contribution in [1.29, 1.82) is 0 Å². The Morgan fingerprint density at radius 3 is 2.76 bits per heavy atom. The zero-order chi connectivity index (χ0) is 17.6. The number of fused-ring (bicyclic) bond motifs is 4. The topological polar surface area (TPSA) is 47.4 Å². The van der Waals surface area contributed by atoms with Crippen molar-refractivity contribution in [3.05, 3.63) is 51.7 Å². The number of benzene rings is 1. The average molecular weight is 351 g/mol. The summed E-state index contributed by atoms with van der Waals surface area (Å²) in [6, 6.07) is 2.85. The monoisotopic (exact) mass is 351 g/mol. The summed E-state index contributed by atoms with van der Waals surface area (Å²) >= 11 is 0. The lowest BCUT2D eigenvalue weighted by molar-refractivity contribution is 0.277. The van der Waals surface area contributed by atoms with Gasteiger partial charge >= 0.3 is 5.69 Å². The van der Waals surface area contributed by atoms with Gasteiger partial charge in [0.15, 0.2) is 11.6 Å². The van der Waals surface area contributed by atoms with Gasteiger partial charge in [0.05, 0.1) is 0 Å². The SMILES string of the molecule is O=c1nc(OCc2cc(F)c(F)cc2F)cc2n1C[C@H]1CCCN2C1. The van der Waals surface area contributed by atoms with E-state index in [9.17, 15) is 18.0 Å². The molecule has 132 valence electrons. The van der Waals surface area contributed by atoms with Crippen LogP contribution < -0.4 is 15.3 Å². The van der Waals surface area contributed by atoms with E-state index in [1.807, 2.05) is 0 Å². The standard InChI is InChI=1S/C17H16F3N3O2/c18-12-5-14(20)13(19)4-11(12)9-25-15-6-16-22-3-1-2-10(7-22)8-23(16)17(24)21-15/h4-6,10H,1-3,7-9H2/t10-/m0/s1. The van der Waals surface area contributed by atoms with Gasteiger partial charge in [0.2, 0.25) is 5.88 Å². The van der Waals surface area contributed by atoms with Crippen LogP contribution >= 0.6 is 0 Å². The molecule has 3 heterocycles. The number of hydrogen-bond acceptors (Lipinski definition) is 4. The van der Waals surface area contributed by atoms with Crippen molar-refractivity contribution in [2.24, 2.45) is 5.92 Å². The second-order valence-corrected chi connectivity index (χ2v) is 6.45. The minimum Gasteiger partial charge on any atom is -0.472 e. The third kappa shape index (κ3) is 2.96. The highest BCUT2D eigenvalue weighted by Crippen LogP contribution is 2.30. The van der Waals surface area contributed by atoms with Gasteiger partial charge in [0, 0.05) is 37.3 Å². The van der Waals surface area contributed by atoms with E-state index in [1.165, 1.54) is 0 Å². The molecule has 5 nitrogen and oxygen atoms in total. The molecule has 1 fully saturated rings. The second-order valence-electron chi connectivity index (χ2n) is 6.45. The van der Waals surface area contributed by atoms with Gasteiger partial charge in [0.1, 0.15) is 18.2 Å². The van der Waals surface area contributed by atoms with Crippen LogP contribution in [0.5, 0.6) is 5.88 Å². The third-order valence-electron chi connectivity index (χ3n) is 4.71. The summed E-state index contributed by atoms with van der Waals surface area (Å²) < 4.78 is 46.9. The first kappa shape index (κ1) is 16.0. The van der Waals surface area contributed by atoms with Crippen LogP contribution in [0.1, 0.15) is 18.4 Å². The molecule has 4 rings (SSSR count). The highest BCUT2D eigenvalue weighted by molar-refractivity contribution is 5.44. The molecule has 0 saturated carbocycles. The lowest BCUT2D eigenvalue weighted by atomic mass is 9.96. The van der Waals surface area contributed by atoms with Crippen LogP contribution in [0.25, 0.3) is 0 Å². The zero-order valence-corrected chi connectivity index (χ0v) is 13.3. The molecule has 0 N–H and O–H groups in total. The highest BCUT2D eigenvalue weighted by atomic mass is 19.2. The molecule has 0 radical (unpaired) electrons. The predicted octanol–water partition coefficient (Wildman–Crippen LogP) is 2.47. The maximum absolute atomic E-state index is 13.7. The number of hydrogen-bond donors (Lipinski definition) is 0. The summed E-state index contributed by atoms with van der Waals surface area (Å²) in [5.41, 5.74) is -0.564. The number of anilines is 1. The van der Waals surface area contributed by atoms with Gasteiger partial charge in [-0.3, -0.25) is 4.57 Å². The van der Waals surface area contributed by atoms with Crippen LogP contribution in [0.3, 0.4) is 0 Å². The molecular formula is C17H16F3N3O2. The van der Waals surface area contributed by atoms with Crippen LogP contribution in [0, 0.1) is 23.4 Å². The molecule has 0 aliphatic carbocycles. The van der Waals surface area contributed by atoms with Crippen molar-refractivity contribution in [3.8, 4) is 5.88 Å². The Labute approximate surface area is 141 Å². The third-order valence-corrected chi connectivity index (χ3v) is 4.71. The first-order valence-corrected chi connectivity index (χ1v) is 8.14. The predicted molar refractivity (Wildman–Crippen MR) is 84.1 cm³/mol. The Kier molecular flexibility index (Phi) is 3.89. The summed E-state index contributed by atoms with van der Waals surface area (Å²) in [5, 5.41) is 0. The largest absolute Gasteiger partial charge is 0.472 e. The molecule has 25 heavy (non-hydrogen) atoms. The van der Waals surface area contributed by atoms with E-state index >= 15 is 0 Å². The number of ether oxygens (including phenoxy) is 1. The lowest BCUT2D eigenvalue weighted by Gasteiger charge is -2.40. The molecule has 2 aliphatic heterocycles. The summed E-state index contributed by atoms with van der Waals surface area (Å²) in [4.78, 5) is 18.2. The van der Waals surface area contributed by atoms with Crippen LogP contribution in [-0.2, 0) is 13.2 Å². The minimum absolute atomic E-state index is 0.0457. The molecule has 0 unspecified atom stereocenters. The fourth-order valence-corrected chi connectivity index (χ4v) is 3.49. The molecule has 0 spiro atoms. The highest BCUT2D eigenvalue weighted by Gasteiger charge is 2.29. The van der Waals surface area contributed by atoms with E-state index in [0.717, 1.165) is 37.8 Å². The Bertz CT molecular complexity index is 884. The van der Waals surface area contributed by atoms with Crippen LogP contribution in [-0.4, -0.2) is 22.6 Å². The number of aromatic nitrogens is 2. The summed E-state index contributed by atoms with van der Waals surface area (Å²) in [6.07, 6.45) is 2.16. The van der Waals surface area contributed by atoms with E-state index < -0.39 is 23.1 Å². The molecule has 1 aromatic carbocycles. The Hall–Kier alpha value is -2.51. The van der Waals surface area contributed by atoms with E-state index in [1.54, 1.807) is 10.6 Å². The fraction of sp³-hybridized carbons (Fsp3) is 0.412. The lowest BCUT2D eigenvalue weighted by Crippen LogP contribution is -2.46. The van der Waals surface area contributed by atoms with E-state index in [4.69, 9.17) is 4.74 Å². The molecular weight excluding hydrogens is 335 g/mol. The van der Waals surface area contributed by atoms with Crippen molar-refractivity contribution < 1.29 is 17.9 Å². The fourth-order valence-electron chi connectivity index (χ4n) is 3.49. The summed E-state index contributed by atoms with van der Waals surface area (Å²) in [5.74, 6) is -2.10. The van der Waals surface area contributed by atoms with Crippen molar-refractivity contribution in [2.45, 2.75) is 26.0 Å². The van der Waals surface area contributed by atoms with Gasteiger partial charge < -0.3 is 9.64 Å². The van der Waals surface area contributed by atoms with Crippen LogP contribution in [0.4, 0.5) is 19.0 Å². The van der Waals surface area contributed by atoms with Gasteiger partial charge in [-0.05, 0) is 24.8 Å². The molecule has 1 saturated heterocycles. The minimum atomic E-state index is -1.26. The molecule has 2 aliphatic rings. The van der Waals surface area contributed by atoms with Crippen molar-refractivity contribution in [2.75, 3.05) is 18.0 Å². The quantitative estimate of drug-likeness (QED) is 0.797. The second kappa shape index (κ2) is 6.09. The smallest absolute Gasteiger partial charge is 0.352 e. The molecule has 2 aromatic rings. The average Bonchev–Trinajstić information content (AvgIpc) is 2.58. The number of piperidine rings is 1. The Balaban J connectivity index is 1.59. The van der Waals surface area contributed by atoms with Gasteiger partial charge in [-0.2, -0.15) is 4.98 Å². The first-order valence-electron chi connectivity index (χ1n) is 8.14. The normalized spacial score (nSPS) is 18.8. The first-order chi connectivity index (χ1) is 12.0. The van der Waals surface area contributed by atoms with E-state index in [-0.39, 0.29) is 18.1 Å². The maximum atomic E-state index is 13.7. The molecule has 0 amide bonds. The number of nitrogens with zero attached hydrogens (tertiary/aromatic N) is 3. The van der Waals surface area contributed by atoms with Crippen molar-refractivity contribution in [3.63, 3.8) is 0 Å². The number of rotatable bonds is 3. The van der Waals surface area contributed by atoms with Crippen molar-refractivity contribution >= 4 is 5.82 Å². The molecule has 1 atom stereocenters. The van der Waals surface area contributed by atoms with Gasteiger partial charge in [-0.25, -0.2) is 18.0 Å². The zero-order valence-electron chi connectivity index (χ0n) is 13.3. The Morgan fingerprint density at radius 1 is 1.12 bits per heavy atom.